The van der Waals surface area contributed by atoms with Crippen LogP contribution in [0.5, 0.6) is 0 Å². The molecule has 98 valence electrons. The molecule has 0 atom stereocenters. The minimum Gasteiger partial charge on any atom is -0.466 e. The van der Waals surface area contributed by atoms with Gasteiger partial charge in [-0.25, -0.2) is 0 Å². The largest absolute Gasteiger partial charge is 0.466 e. The van der Waals surface area contributed by atoms with Gasteiger partial charge in [0, 0.05) is 6.92 Å². The Balaban J connectivity index is 3.21. The predicted octanol–water partition coefficient (Wildman–Crippen LogP) is 4.41. The van der Waals surface area contributed by atoms with Crippen LogP contribution in [0.2, 0.25) is 0 Å². The molecular formula is C15H26O2. The molecule has 0 amide bonds. The Bertz CT molecular complexity index is 229. The number of rotatable bonds is 10. The van der Waals surface area contributed by atoms with E-state index in [1.165, 1.54) is 32.6 Å². The summed E-state index contributed by atoms with van der Waals surface area (Å²) >= 11 is 0. The Morgan fingerprint density at radius 2 is 1.65 bits per heavy atom. The van der Waals surface area contributed by atoms with Crippen molar-refractivity contribution in [1.82, 2.24) is 0 Å². The van der Waals surface area contributed by atoms with Gasteiger partial charge in [0.1, 0.15) is 0 Å². The number of unbranched alkanes of at least 4 members (excludes halogenated alkanes) is 4. The fourth-order valence-corrected chi connectivity index (χ4v) is 1.44. The first-order valence-electron chi connectivity index (χ1n) is 6.70. The van der Waals surface area contributed by atoms with Crippen LogP contribution in [0.15, 0.2) is 24.3 Å². The van der Waals surface area contributed by atoms with Crippen molar-refractivity contribution in [3.8, 4) is 0 Å². The highest BCUT2D eigenvalue weighted by Gasteiger charge is 1.89. The highest BCUT2D eigenvalue weighted by atomic mass is 16.5. The number of hydrogen-bond acceptors (Lipinski definition) is 2. The quantitative estimate of drug-likeness (QED) is 0.320. The Labute approximate surface area is 106 Å². The summed E-state index contributed by atoms with van der Waals surface area (Å²) in [7, 11) is 0. The zero-order valence-corrected chi connectivity index (χ0v) is 11.3. The summed E-state index contributed by atoms with van der Waals surface area (Å²) < 4.78 is 4.84. The van der Waals surface area contributed by atoms with E-state index in [4.69, 9.17) is 4.74 Å². The lowest BCUT2D eigenvalue weighted by atomic mass is 10.2. The molecule has 0 fully saturated rings. The van der Waals surface area contributed by atoms with E-state index in [0.717, 1.165) is 19.3 Å². The Hall–Kier alpha value is -1.05. The number of hydrogen-bond donors (Lipinski definition) is 0. The van der Waals surface area contributed by atoms with Gasteiger partial charge in [-0.3, -0.25) is 4.79 Å². The predicted molar refractivity (Wildman–Crippen MR) is 72.9 cm³/mol. The van der Waals surface area contributed by atoms with E-state index >= 15 is 0 Å². The highest BCUT2D eigenvalue weighted by Crippen LogP contribution is 2.01. The fraction of sp³-hybridized carbons (Fsp3) is 0.667. The van der Waals surface area contributed by atoms with Crippen molar-refractivity contribution in [3.05, 3.63) is 24.3 Å². The lowest BCUT2D eigenvalue weighted by molar-refractivity contribution is -0.141. The molecule has 0 bridgehead atoms. The molecule has 2 heteroatoms. The van der Waals surface area contributed by atoms with Gasteiger partial charge in [-0.1, -0.05) is 44.1 Å². The molecular weight excluding hydrogens is 212 g/mol. The second kappa shape index (κ2) is 13.0. The lowest BCUT2D eigenvalue weighted by Crippen LogP contribution is -1.99. The minimum atomic E-state index is -0.191. The van der Waals surface area contributed by atoms with Crippen molar-refractivity contribution in [2.24, 2.45) is 0 Å². The zero-order valence-electron chi connectivity index (χ0n) is 11.3. The standard InChI is InChI=1S/C15H26O2/c1-3-4-5-6-7-8-9-10-11-12-13-14-17-15(2)16/h7-8,10-11H,3-6,9,12-14H2,1-2H3/b8-7-,11-10-. The van der Waals surface area contributed by atoms with Crippen LogP contribution < -0.4 is 0 Å². The maximum Gasteiger partial charge on any atom is 0.302 e. The molecule has 0 aromatic carbocycles. The molecule has 0 aliphatic rings. The van der Waals surface area contributed by atoms with Crippen LogP contribution in [0.3, 0.4) is 0 Å². The van der Waals surface area contributed by atoms with Gasteiger partial charge in [-0.05, 0) is 32.1 Å². The van der Waals surface area contributed by atoms with E-state index < -0.39 is 0 Å². The third-order valence-corrected chi connectivity index (χ3v) is 2.40. The van der Waals surface area contributed by atoms with Crippen molar-refractivity contribution in [2.75, 3.05) is 6.61 Å². The van der Waals surface area contributed by atoms with Crippen LogP contribution in [-0.4, -0.2) is 12.6 Å². The topological polar surface area (TPSA) is 26.3 Å². The van der Waals surface area contributed by atoms with Gasteiger partial charge in [-0.2, -0.15) is 0 Å². The summed E-state index contributed by atoms with van der Waals surface area (Å²) in [5.74, 6) is -0.191. The number of carbonyl (C=O) groups excluding carboxylic acids is 1. The number of esters is 1. The lowest BCUT2D eigenvalue weighted by Gasteiger charge is -1.97. The van der Waals surface area contributed by atoms with E-state index in [9.17, 15) is 4.79 Å². The average Bonchev–Trinajstić information content (AvgIpc) is 2.30. The first kappa shape index (κ1) is 16.0. The van der Waals surface area contributed by atoms with Crippen LogP contribution in [0.25, 0.3) is 0 Å². The van der Waals surface area contributed by atoms with Crippen molar-refractivity contribution in [2.45, 2.75) is 58.8 Å². The molecule has 0 radical (unpaired) electrons. The second-order valence-corrected chi connectivity index (χ2v) is 4.16. The first-order valence-corrected chi connectivity index (χ1v) is 6.70. The van der Waals surface area contributed by atoms with Crippen molar-refractivity contribution in [3.63, 3.8) is 0 Å². The Kier molecular flexibility index (Phi) is 12.2. The van der Waals surface area contributed by atoms with Crippen LogP contribution in [0, 0.1) is 0 Å². The third-order valence-electron chi connectivity index (χ3n) is 2.40. The van der Waals surface area contributed by atoms with E-state index in [1.807, 2.05) is 0 Å². The van der Waals surface area contributed by atoms with Crippen LogP contribution in [0.4, 0.5) is 0 Å². The van der Waals surface area contributed by atoms with Gasteiger partial charge in [0.2, 0.25) is 0 Å². The molecule has 0 aromatic heterocycles. The van der Waals surface area contributed by atoms with E-state index in [2.05, 4.69) is 31.2 Å². The van der Waals surface area contributed by atoms with E-state index in [0.29, 0.717) is 6.61 Å². The summed E-state index contributed by atoms with van der Waals surface area (Å²) in [6.07, 6.45) is 16.8. The first-order chi connectivity index (χ1) is 8.27. The molecule has 0 spiro atoms. The van der Waals surface area contributed by atoms with Gasteiger partial charge in [0.05, 0.1) is 6.61 Å². The third kappa shape index (κ3) is 14.9. The normalized spacial score (nSPS) is 11.4. The van der Waals surface area contributed by atoms with Crippen LogP contribution >= 0.6 is 0 Å². The molecule has 0 saturated carbocycles. The molecule has 2 nitrogen and oxygen atoms in total. The highest BCUT2D eigenvalue weighted by molar-refractivity contribution is 5.65. The SMILES string of the molecule is CCCCC/C=C\C/C=C\CCCOC(C)=O. The van der Waals surface area contributed by atoms with Crippen LogP contribution in [-0.2, 0) is 9.53 Å². The van der Waals surface area contributed by atoms with E-state index in [1.54, 1.807) is 0 Å². The minimum absolute atomic E-state index is 0.191. The molecule has 0 aliphatic heterocycles. The van der Waals surface area contributed by atoms with Gasteiger partial charge < -0.3 is 4.74 Å². The summed E-state index contributed by atoms with van der Waals surface area (Å²) in [6, 6.07) is 0. The summed E-state index contributed by atoms with van der Waals surface area (Å²) in [4.78, 5) is 10.5. The summed E-state index contributed by atoms with van der Waals surface area (Å²) in [6.45, 7) is 4.20. The molecule has 0 rings (SSSR count). The van der Waals surface area contributed by atoms with E-state index in [-0.39, 0.29) is 5.97 Å². The molecule has 0 saturated heterocycles. The number of ether oxygens (including phenoxy) is 1. The molecule has 0 heterocycles. The molecule has 0 N–H and O–H groups in total. The number of carbonyl (C=O) groups is 1. The van der Waals surface area contributed by atoms with Crippen molar-refractivity contribution in [1.29, 1.82) is 0 Å². The maximum absolute atomic E-state index is 10.5. The molecule has 0 aromatic rings. The van der Waals surface area contributed by atoms with Gasteiger partial charge in [0.15, 0.2) is 0 Å². The second-order valence-electron chi connectivity index (χ2n) is 4.16. The van der Waals surface area contributed by atoms with Crippen molar-refractivity contribution < 1.29 is 9.53 Å². The molecule has 0 unspecified atom stereocenters. The summed E-state index contributed by atoms with van der Waals surface area (Å²) in [5.41, 5.74) is 0. The Morgan fingerprint density at radius 3 is 2.24 bits per heavy atom. The maximum atomic E-state index is 10.5. The molecule has 0 aliphatic carbocycles. The van der Waals surface area contributed by atoms with Crippen molar-refractivity contribution >= 4 is 5.97 Å². The molecule has 17 heavy (non-hydrogen) atoms. The van der Waals surface area contributed by atoms with Crippen LogP contribution in [0.1, 0.15) is 58.8 Å². The average molecular weight is 238 g/mol. The van der Waals surface area contributed by atoms with Gasteiger partial charge >= 0.3 is 5.97 Å². The van der Waals surface area contributed by atoms with Gasteiger partial charge in [0.25, 0.3) is 0 Å². The van der Waals surface area contributed by atoms with Gasteiger partial charge in [-0.15, -0.1) is 0 Å². The fourth-order valence-electron chi connectivity index (χ4n) is 1.44. The monoisotopic (exact) mass is 238 g/mol. The number of allylic oxidation sites excluding steroid dienone is 4. The zero-order chi connectivity index (χ0) is 12.8. The smallest absolute Gasteiger partial charge is 0.302 e. The summed E-state index contributed by atoms with van der Waals surface area (Å²) in [5, 5.41) is 0. The Morgan fingerprint density at radius 1 is 1.00 bits per heavy atom.